The first kappa shape index (κ1) is 40.9. The predicted molar refractivity (Wildman–Crippen MR) is 39.8 cm³/mol. The fourth-order valence-electron chi connectivity index (χ4n) is 0. The van der Waals surface area contributed by atoms with E-state index in [-0.39, 0.29) is 16.8 Å². The second-order valence-electron chi connectivity index (χ2n) is 0.302. The van der Waals surface area contributed by atoms with Crippen molar-refractivity contribution < 1.29 is 45.9 Å². The third-order valence-electron chi connectivity index (χ3n) is 0.0645. The SMILES string of the molecule is O=[C-]CO.[CH-]=O.[CH-]=O.[CH-]=O.[CH-]=O.[Co]. The van der Waals surface area contributed by atoms with Gasteiger partial charge in [-0.3, -0.25) is 27.2 Å². The van der Waals surface area contributed by atoms with E-state index in [0.717, 1.165) is 0 Å². The summed E-state index contributed by atoms with van der Waals surface area (Å²) < 4.78 is 0. The third-order valence-corrected chi connectivity index (χ3v) is 0.0645. The maximum atomic E-state index is 8.80. The molecule has 0 aromatic carbocycles. The first-order valence-electron chi connectivity index (χ1n) is 1.82. The summed E-state index contributed by atoms with van der Waals surface area (Å²) in [5.41, 5.74) is 0. The van der Waals surface area contributed by atoms with Crippen LogP contribution in [0.4, 0.5) is 0 Å². The topological polar surface area (TPSA) is 106 Å². The second-order valence-corrected chi connectivity index (χ2v) is 0.302. The van der Waals surface area contributed by atoms with Crippen LogP contribution in [0.15, 0.2) is 0 Å². The Hall–Kier alpha value is -1.18. The van der Waals surface area contributed by atoms with Gasteiger partial charge < -0.3 is 29.1 Å². The van der Waals surface area contributed by atoms with Gasteiger partial charge in [0, 0.05) is 16.8 Å². The van der Waals surface area contributed by atoms with Gasteiger partial charge in [0.1, 0.15) is 0 Å². The van der Waals surface area contributed by atoms with Gasteiger partial charge in [0.2, 0.25) is 0 Å². The van der Waals surface area contributed by atoms with Gasteiger partial charge in [-0.2, -0.15) is 0 Å². The normalized spacial score (nSPS) is 3.15. The van der Waals surface area contributed by atoms with E-state index >= 15 is 0 Å². The summed E-state index contributed by atoms with van der Waals surface area (Å²) in [7, 11) is 0. The van der Waals surface area contributed by atoms with Crippen molar-refractivity contribution in [1.82, 2.24) is 0 Å². The fraction of sp³-hybridized carbons (Fsp3) is 0.167. The molecule has 0 aliphatic rings. The molecule has 0 unspecified atom stereocenters. The zero-order valence-electron chi connectivity index (χ0n) is 6.34. The van der Waals surface area contributed by atoms with Gasteiger partial charge in [0.05, 0.1) is 0 Å². The Kier molecular flexibility index (Phi) is 4910. The second kappa shape index (κ2) is 1560. The Bertz CT molecular complexity index is 55.1. The first-order valence-corrected chi connectivity index (χ1v) is 1.82. The minimum atomic E-state index is -0.486. The van der Waals surface area contributed by atoms with Crippen molar-refractivity contribution in [3.8, 4) is 0 Å². The molecule has 0 saturated carbocycles. The molecule has 0 amide bonds. The Labute approximate surface area is 86.5 Å². The molecular weight excluding hydrogens is 227 g/mol. The maximum absolute atomic E-state index is 8.80. The maximum Gasteiger partial charge on any atom is 0 e. The van der Waals surface area contributed by atoms with Crippen molar-refractivity contribution in [2.45, 2.75) is 0 Å². The smallest absolute Gasteiger partial charge is 0 e. The van der Waals surface area contributed by atoms with Crippen LogP contribution in [-0.4, -0.2) is 45.2 Å². The number of carbonyl (C=O) groups excluding carboxylic acids is 5. The Balaban J connectivity index is -0.0000000122. The van der Waals surface area contributed by atoms with Gasteiger partial charge in [-0.15, -0.1) is 0 Å². The average molecular weight is 234 g/mol. The largest absolute Gasteiger partial charge is 0.545 e. The molecule has 0 rings (SSSR count). The van der Waals surface area contributed by atoms with E-state index < -0.39 is 6.61 Å². The van der Waals surface area contributed by atoms with Crippen molar-refractivity contribution in [1.29, 1.82) is 0 Å². The number of hydrogen-bond donors (Lipinski definition) is 1. The Morgan fingerprint density at radius 1 is 0.846 bits per heavy atom. The van der Waals surface area contributed by atoms with Gasteiger partial charge in [0.15, 0.2) is 0 Å². The van der Waals surface area contributed by atoms with Crippen molar-refractivity contribution in [2.24, 2.45) is 0 Å². The molecule has 0 spiro atoms. The van der Waals surface area contributed by atoms with E-state index in [1.54, 1.807) is 0 Å². The van der Waals surface area contributed by atoms with Gasteiger partial charge in [0.25, 0.3) is 0 Å². The monoisotopic (exact) mass is 234 g/mol. The summed E-state index contributed by atoms with van der Waals surface area (Å²) in [5.74, 6) is 0. The molecule has 0 heterocycles. The predicted octanol–water partition coefficient (Wildman–Crippen LogP) is -2.01. The zero-order valence-corrected chi connectivity index (χ0v) is 7.38. The van der Waals surface area contributed by atoms with Crippen molar-refractivity contribution in [3.05, 3.63) is 0 Å². The van der Waals surface area contributed by atoms with Gasteiger partial charge in [-0.05, 0) is 0 Å². The number of aliphatic hydroxyl groups is 1. The quantitative estimate of drug-likeness (QED) is 0.415. The molecule has 1 radical (unpaired) electrons. The molecule has 13 heavy (non-hydrogen) atoms. The first-order chi connectivity index (χ1) is 5.91. The molecule has 0 aromatic rings. The molecule has 0 aromatic heterocycles. The average Bonchev–Trinajstić information content (AvgIpc) is 2.29. The molecular formula is C6H7CoO6-5. The van der Waals surface area contributed by atoms with E-state index in [9.17, 15) is 0 Å². The van der Waals surface area contributed by atoms with Crippen LogP contribution in [0.3, 0.4) is 0 Å². The van der Waals surface area contributed by atoms with Gasteiger partial charge in [-0.25, -0.2) is 6.29 Å². The van der Waals surface area contributed by atoms with Crippen molar-refractivity contribution in [3.63, 3.8) is 0 Å². The van der Waals surface area contributed by atoms with Crippen molar-refractivity contribution in [2.75, 3.05) is 6.61 Å². The van der Waals surface area contributed by atoms with Crippen LogP contribution < -0.4 is 0 Å². The van der Waals surface area contributed by atoms with Crippen LogP contribution in [0.5, 0.6) is 0 Å². The summed E-state index contributed by atoms with van der Waals surface area (Å²) in [6, 6.07) is 0. The van der Waals surface area contributed by atoms with E-state index in [1.165, 1.54) is 6.29 Å². The van der Waals surface area contributed by atoms with Crippen LogP contribution in [0, 0.1) is 0 Å². The van der Waals surface area contributed by atoms with Crippen LogP contribution in [0.1, 0.15) is 0 Å². The van der Waals surface area contributed by atoms with E-state index in [2.05, 4.69) is 27.2 Å². The molecule has 0 aliphatic carbocycles. The molecule has 0 saturated heterocycles. The number of hydrogen-bond acceptors (Lipinski definition) is 6. The summed E-state index contributed by atoms with van der Waals surface area (Å²) in [6.45, 7) is 12.5. The van der Waals surface area contributed by atoms with Crippen LogP contribution in [-0.2, 0) is 40.8 Å². The molecule has 0 bridgehead atoms. The van der Waals surface area contributed by atoms with Crippen LogP contribution in [0.2, 0.25) is 0 Å². The minimum Gasteiger partial charge on any atom is -0.545 e. The third kappa shape index (κ3) is 25000. The summed E-state index contributed by atoms with van der Waals surface area (Å²) in [4.78, 5) is 39.8. The van der Waals surface area contributed by atoms with E-state index in [4.69, 9.17) is 29.1 Å². The molecule has 6 nitrogen and oxygen atoms in total. The minimum absolute atomic E-state index is 0. The van der Waals surface area contributed by atoms with E-state index in [0.29, 0.717) is 0 Å². The Morgan fingerprint density at radius 2 is 0.923 bits per heavy atom. The van der Waals surface area contributed by atoms with Crippen LogP contribution >= 0.6 is 0 Å². The molecule has 0 fully saturated rings. The van der Waals surface area contributed by atoms with Crippen LogP contribution in [0.25, 0.3) is 0 Å². The van der Waals surface area contributed by atoms with Gasteiger partial charge in [-0.1, -0.05) is 6.61 Å². The number of rotatable bonds is 1. The fourth-order valence-corrected chi connectivity index (χ4v) is 0. The Morgan fingerprint density at radius 3 is 0.923 bits per heavy atom. The molecule has 7 heteroatoms. The standard InChI is InChI=1S/C2H3O2.4CHO.Co/c3-1-2-4;4*1-2;/h3H,1H2;4*1H;/q5*-1;. The summed E-state index contributed by atoms with van der Waals surface area (Å²) in [5, 5.41) is 7.45. The summed E-state index contributed by atoms with van der Waals surface area (Å²) in [6.07, 6.45) is 1.24. The zero-order chi connectivity index (χ0) is 11.4. The summed E-state index contributed by atoms with van der Waals surface area (Å²) >= 11 is 0. The molecule has 81 valence electrons. The molecule has 0 atom stereocenters. The van der Waals surface area contributed by atoms with E-state index in [1.807, 2.05) is 0 Å². The van der Waals surface area contributed by atoms with Crippen molar-refractivity contribution >= 4 is 33.4 Å². The molecule has 1 N–H and O–H groups in total. The molecule has 0 aliphatic heterocycles. The van der Waals surface area contributed by atoms with Gasteiger partial charge >= 0.3 is 0 Å². The number of aliphatic hydroxyl groups excluding tert-OH is 1.